The van der Waals surface area contributed by atoms with Crippen molar-refractivity contribution in [1.29, 1.82) is 0 Å². The second kappa shape index (κ2) is 8.97. The molecule has 0 spiro atoms. The fourth-order valence-electron chi connectivity index (χ4n) is 3.56. The Hall–Kier alpha value is -2.73. The van der Waals surface area contributed by atoms with E-state index in [0.717, 1.165) is 30.0 Å². The van der Waals surface area contributed by atoms with E-state index >= 15 is 0 Å². The van der Waals surface area contributed by atoms with Crippen molar-refractivity contribution >= 4 is 5.82 Å². The molecular formula is C22H27N5O. The lowest BCUT2D eigenvalue weighted by atomic mass is 10.1. The third-order valence-corrected chi connectivity index (χ3v) is 5.18. The molecule has 1 N–H and O–H groups in total. The number of nitrogens with one attached hydrogen (secondary N) is 1. The molecule has 0 atom stereocenters. The van der Waals surface area contributed by atoms with Gasteiger partial charge < -0.3 is 14.6 Å². The number of benzene rings is 1. The molecule has 0 unspecified atom stereocenters. The molecule has 1 fully saturated rings. The molecule has 1 aliphatic rings. The van der Waals surface area contributed by atoms with Gasteiger partial charge in [-0.05, 0) is 57.1 Å². The second-order valence-corrected chi connectivity index (χ2v) is 7.36. The van der Waals surface area contributed by atoms with Crippen molar-refractivity contribution < 1.29 is 4.42 Å². The Balaban J connectivity index is 1.45. The van der Waals surface area contributed by atoms with Gasteiger partial charge in [-0.15, -0.1) is 10.2 Å². The van der Waals surface area contributed by atoms with Crippen molar-refractivity contribution in [2.45, 2.75) is 32.6 Å². The summed E-state index contributed by atoms with van der Waals surface area (Å²) < 4.78 is 5.94. The SMILES string of the molecule is Cc1ccc(-c2nnc(-c3cccnc3NCCN3CCCCCC3)o2)cc1. The predicted molar refractivity (Wildman–Crippen MR) is 111 cm³/mol. The third kappa shape index (κ3) is 4.57. The second-order valence-electron chi connectivity index (χ2n) is 7.36. The molecule has 4 rings (SSSR count). The van der Waals surface area contributed by atoms with E-state index in [1.807, 2.05) is 36.4 Å². The van der Waals surface area contributed by atoms with Crippen LogP contribution in [0, 0.1) is 6.92 Å². The van der Waals surface area contributed by atoms with Gasteiger partial charge in [0.05, 0.1) is 5.56 Å². The minimum Gasteiger partial charge on any atom is -0.416 e. The number of rotatable bonds is 6. The largest absolute Gasteiger partial charge is 0.416 e. The quantitative estimate of drug-likeness (QED) is 0.687. The number of anilines is 1. The Kier molecular flexibility index (Phi) is 5.97. The summed E-state index contributed by atoms with van der Waals surface area (Å²) in [5, 5.41) is 11.9. The first-order valence-electron chi connectivity index (χ1n) is 10.1. The van der Waals surface area contributed by atoms with E-state index in [9.17, 15) is 0 Å². The Labute approximate surface area is 166 Å². The number of pyridine rings is 1. The molecule has 28 heavy (non-hydrogen) atoms. The van der Waals surface area contributed by atoms with E-state index in [1.165, 1.54) is 44.3 Å². The minimum absolute atomic E-state index is 0.487. The van der Waals surface area contributed by atoms with Gasteiger partial charge in [0.15, 0.2) is 0 Å². The average molecular weight is 377 g/mol. The van der Waals surface area contributed by atoms with Gasteiger partial charge in [-0.3, -0.25) is 0 Å². The molecule has 2 aromatic heterocycles. The fraction of sp³-hybridized carbons (Fsp3) is 0.409. The number of likely N-dealkylation sites (tertiary alicyclic amines) is 1. The van der Waals surface area contributed by atoms with Crippen LogP contribution in [-0.4, -0.2) is 46.3 Å². The van der Waals surface area contributed by atoms with Crippen LogP contribution in [0.4, 0.5) is 5.82 Å². The molecule has 1 saturated heterocycles. The summed E-state index contributed by atoms with van der Waals surface area (Å²) in [5.41, 5.74) is 2.96. The fourth-order valence-corrected chi connectivity index (χ4v) is 3.56. The highest BCUT2D eigenvalue weighted by Gasteiger charge is 2.15. The maximum atomic E-state index is 5.94. The van der Waals surface area contributed by atoms with Crippen molar-refractivity contribution in [1.82, 2.24) is 20.1 Å². The Morgan fingerprint density at radius 1 is 0.964 bits per heavy atom. The van der Waals surface area contributed by atoms with Crippen molar-refractivity contribution in [2.24, 2.45) is 0 Å². The summed E-state index contributed by atoms with van der Waals surface area (Å²) >= 11 is 0. The van der Waals surface area contributed by atoms with Crippen LogP contribution < -0.4 is 5.32 Å². The lowest BCUT2D eigenvalue weighted by Crippen LogP contribution is -2.30. The van der Waals surface area contributed by atoms with Crippen LogP contribution >= 0.6 is 0 Å². The average Bonchev–Trinajstić information content (AvgIpc) is 3.06. The molecule has 6 nitrogen and oxygen atoms in total. The maximum absolute atomic E-state index is 5.94. The van der Waals surface area contributed by atoms with Gasteiger partial charge in [0, 0.05) is 24.8 Å². The van der Waals surface area contributed by atoms with Crippen LogP contribution in [0.5, 0.6) is 0 Å². The topological polar surface area (TPSA) is 67.1 Å². The van der Waals surface area contributed by atoms with Gasteiger partial charge in [-0.2, -0.15) is 0 Å². The van der Waals surface area contributed by atoms with E-state index in [-0.39, 0.29) is 0 Å². The normalized spacial score (nSPS) is 15.3. The summed E-state index contributed by atoms with van der Waals surface area (Å²) in [4.78, 5) is 7.02. The lowest BCUT2D eigenvalue weighted by Gasteiger charge is -2.20. The molecule has 0 amide bonds. The first kappa shape index (κ1) is 18.6. The van der Waals surface area contributed by atoms with Gasteiger partial charge in [0.1, 0.15) is 5.82 Å². The molecule has 0 radical (unpaired) electrons. The Morgan fingerprint density at radius 2 is 1.71 bits per heavy atom. The lowest BCUT2D eigenvalue weighted by molar-refractivity contribution is 0.296. The van der Waals surface area contributed by atoms with Crippen LogP contribution in [0.15, 0.2) is 47.0 Å². The van der Waals surface area contributed by atoms with Gasteiger partial charge in [-0.25, -0.2) is 4.98 Å². The molecule has 0 bridgehead atoms. The van der Waals surface area contributed by atoms with Crippen molar-refractivity contribution in [3.05, 3.63) is 48.2 Å². The summed E-state index contributed by atoms with van der Waals surface area (Å²) in [6.45, 7) is 6.32. The van der Waals surface area contributed by atoms with Gasteiger partial charge in [0.2, 0.25) is 5.89 Å². The standard InChI is InChI=1S/C22H27N5O/c1-17-8-10-18(11-9-17)21-25-26-22(28-21)19-7-6-12-23-20(19)24-13-16-27-14-4-2-3-5-15-27/h6-12H,2-5,13-16H2,1H3,(H,23,24). The van der Waals surface area contributed by atoms with Crippen molar-refractivity contribution in [3.8, 4) is 22.9 Å². The molecule has 6 heteroatoms. The number of hydrogen-bond donors (Lipinski definition) is 1. The van der Waals surface area contributed by atoms with E-state index in [4.69, 9.17) is 4.42 Å². The Bertz CT molecular complexity index is 882. The van der Waals surface area contributed by atoms with Crippen LogP contribution in [0.25, 0.3) is 22.9 Å². The highest BCUT2D eigenvalue weighted by atomic mass is 16.4. The zero-order chi connectivity index (χ0) is 19.2. The first-order valence-corrected chi connectivity index (χ1v) is 10.1. The van der Waals surface area contributed by atoms with Gasteiger partial charge >= 0.3 is 0 Å². The summed E-state index contributed by atoms with van der Waals surface area (Å²) in [7, 11) is 0. The molecular weight excluding hydrogens is 350 g/mol. The number of aryl methyl sites for hydroxylation is 1. The van der Waals surface area contributed by atoms with E-state index in [0.29, 0.717) is 11.8 Å². The van der Waals surface area contributed by atoms with Crippen LogP contribution in [0.1, 0.15) is 31.2 Å². The van der Waals surface area contributed by atoms with E-state index in [1.54, 1.807) is 6.20 Å². The molecule has 146 valence electrons. The van der Waals surface area contributed by atoms with Crippen molar-refractivity contribution in [3.63, 3.8) is 0 Å². The van der Waals surface area contributed by atoms with E-state index in [2.05, 4.69) is 32.3 Å². The maximum Gasteiger partial charge on any atom is 0.251 e. The van der Waals surface area contributed by atoms with Crippen molar-refractivity contribution in [2.75, 3.05) is 31.5 Å². The zero-order valence-electron chi connectivity index (χ0n) is 16.4. The highest BCUT2D eigenvalue weighted by Crippen LogP contribution is 2.28. The zero-order valence-corrected chi connectivity index (χ0v) is 16.4. The smallest absolute Gasteiger partial charge is 0.251 e. The minimum atomic E-state index is 0.487. The Morgan fingerprint density at radius 3 is 2.50 bits per heavy atom. The molecule has 3 heterocycles. The molecule has 0 aliphatic carbocycles. The summed E-state index contributed by atoms with van der Waals surface area (Å²) in [6, 6.07) is 11.9. The van der Waals surface area contributed by atoms with Crippen LogP contribution in [0.3, 0.4) is 0 Å². The van der Waals surface area contributed by atoms with Gasteiger partial charge in [-0.1, -0.05) is 30.5 Å². The highest BCUT2D eigenvalue weighted by molar-refractivity contribution is 5.69. The third-order valence-electron chi connectivity index (χ3n) is 5.18. The number of hydrogen-bond acceptors (Lipinski definition) is 6. The molecule has 0 saturated carbocycles. The first-order chi connectivity index (χ1) is 13.8. The molecule has 3 aromatic rings. The van der Waals surface area contributed by atoms with E-state index < -0.39 is 0 Å². The van der Waals surface area contributed by atoms with Crippen LogP contribution in [-0.2, 0) is 0 Å². The molecule has 1 aliphatic heterocycles. The number of nitrogens with zero attached hydrogens (tertiary/aromatic N) is 4. The summed E-state index contributed by atoms with van der Waals surface area (Å²) in [5.74, 6) is 1.80. The van der Waals surface area contributed by atoms with Gasteiger partial charge in [0.25, 0.3) is 5.89 Å². The summed E-state index contributed by atoms with van der Waals surface area (Å²) in [6.07, 6.45) is 7.11. The monoisotopic (exact) mass is 377 g/mol. The predicted octanol–water partition coefficient (Wildman–Crippen LogP) is 4.39. The molecule has 1 aromatic carbocycles. The van der Waals surface area contributed by atoms with Crippen LogP contribution in [0.2, 0.25) is 0 Å². The number of aromatic nitrogens is 3.